The zero-order valence-corrected chi connectivity index (χ0v) is 10.7. The Morgan fingerprint density at radius 3 is 2.18 bits per heavy atom. The molecule has 0 amide bonds. The number of anilines is 1. The van der Waals surface area contributed by atoms with Crippen molar-refractivity contribution in [2.45, 2.75) is 26.7 Å². The van der Waals surface area contributed by atoms with E-state index in [2.05, 4.69) is 51.1 Å². The van der Waals surface area contributed by atoms with Gasteiger partial charge in [-0.1, -0.05) is 50.2 Å². The Morgan fingerprint density at radius 2 is 1.59 bits per heavy atom. The number of hydrogen-bond acceptors (Lipinski definition) is 1. The van der Waals surface area contributed by atoms with Crippen LogP contribution in [0.1, 0.15) is 30.9 Å². The van der Waals surface area contributed by atoms with Crippen LogP contribution in [0.4, 0.5) is 5.69 Å². The molecule has 0 atom stereocenters. The van der Waals surface area contributed by atoms with Gasteiger partial charge in [0.2, 0.25) is 0 Å². The zero-order chi connectivity index (χ0) is 12.4. The van der Waals surface area contributed by atoms with Crippen molar-refractivity contribution >= 4 is 5.69 Å². The van der Waals surface area contributed by atoms with E-state index in [0.717, 1.165) is 11.3 Å². The maximum Gasteiger partial charge on any atom is 0.0349 e. The lowest BCUT2D eigenvalue weighted by Crippen LogP contribution is -1.92. The normalized spacial score (nSPS) is 10.8. The van der Waals surface area contributed by atoms with Gasteiger partial charge in [0.05, 0.1) is 0 Å². The Hall–Kier alpha value is -1.76. The maximum absolute atomic E-state index is 5.94. The van der Waals surface area contributed by atoms with Gasteiger partial charge in [-0.05, 0) is 41.2 Å². The van der Waals surface area contributed by atoms with Crippen LogP contribution < -0.4 is 5.73 Å². The second-order valence-corrected chi connectivity index (χ2v) is 4.80. The molecule has 0 fully saturated rings. The molecule has 0 aromatic heterocycles. The van der Waals surface area contributed by atoms with E-state index in [4.69, 9.17) is 5.73 Å². The Labute approximate surface area is 103 Å². The van der Waals surface area contributed by atoms with E-state index < -0.39 is 0 Å². The monoisotopic (exact) mass is 225 g/mol. The minimum absolute atomic E-state index is 0.575. The summed E-state index contributed by atoms with van der Waals surface area (Å²) in [6, 6.07) is 14.8. The summed E-state index contributed by atoms with van der Waals surface area (Å²) in [5.41, 5.74) is 11.8. The minimum Gasteiger partial charge on any atom is -0.398 e. The molecule has 0 spiro atoms. The molecule has 1 nitrogen and oxygen atoms in total. The standard InChI is InChI=1S/C16H19N/c1-11(2)13-7-9-14(10-8-13)15-5-4-6-16(17)12(15)3/h4-11H,17H2,1-3H3. The molecule has 0 unspecified atom stereocenters. The number of hydrogen-bond donors (Lipinski definition) is 1. The van der Waals surface area contributed by atoms with Gasteiger partial charge >= 0.3 is 0 Å². The van der Waals surface area contributed by atoms with Crippen LogP contribution in [0.2, 0.25) is 0 Å². The third-order valence-electron chi connectivity index (χ3n) is 3.26. The third-order valence-corrected chi connectivity index (χ3v) is 3.26. The molecule has 2 N–H and O–H groups in total. The average molecular weight is 225 g/mol. The van der Waals surface area contributed by atoms with Crippen LogP contribution in [0, 0.1) is 6.92 Å². The first kappa shape index (κ1) is 11.7. The summed E-state index contributed by atoms with van der Waals surface area (Å²) >= 11 is 0. The topological polar surface area (TPSA) is 26.0 Å². The summed E-state index contributed by atoms with van der Waals surface area (Å²) in [7, 11) is 0. The molecule has 2 rings (SSSR count). The van der Waals surface area contributed by atoms with Gasteiger partial charge in [0.1, 0.15) is 0 Å². The smallest absolute Gasteiger partial charge is 0.0349 e. The summed E-state index contributed by atoms with van der Waals surface area (Å²) < 4.78 is 0. The fraction of sp³-hybridized carbons (Fsp3) is 0.250. The molecule has 2 aromatic rings. The minimum atomic E-state index is 0.575. The Kier molecular flexibility index (Phi) is 3.19. The molecular formula is C16H19N. The number of nitrogens with two attached hydrogens (primary N) is 1. The largest absolute Gasteiger partial charge is 0.398 e. The molecule has 0 radical (unpaired) electrons. The molecule has 17 heavy (non-hydrogen) atoms. The van der Waals surface area contributed by atoms with Gasteiger partial charge in [0.25, 0.3) is 0 Å². The van der Waals surface area contributed by atoms with Crippen molar-refractivity contribution in [1.82, 2.24) is 0 Å². The maximum atomic E-state index is 5.94. The van der Waals surface area contributed by atoms with Gasteiger partial charge in [-0.25, -0.2) is 0 Å². The zero-order valence-electron chi connectivity index (χ0n) is 10.7. The first-order valence-electron chi connectivity index (χ1n) is 6.05. The summed E-state index contributed by atoms with van der Waals surface area (Å²) in [5, 5.41) is 0. The van der Waals surface area contributed by atoms with Crippen molar-refractivity contribution in [3.63, 3.8) is 0 Å². The van der Waals surface area contributed by atoms with E-state index in [-0.39, 0.29) is 0 Å². The van der Waals surface area contributed by atoms with E-state index in [9.17, 15) is 0 Å². The van der Waals surface area contributed by atoms with Crippen molar-refractivity contribution in [2.24, 2.45) is 0 Å². The summed E-state index contributed by atoms with van der Waals surface area (Å²) in [6.45, 7) is 6.49. The number of rotatable bonds is 2. The van der Waals surface area contributed by atoms with Crippen LogP contribution in [0.25, 0.3) is 11.1 Å². The van der Waals surface area contributed by atoms with Crippen LogP contribution in [-0.2, 0) is 0 Å². The summed E-state index contributed by atoms with van der Waals surface area (Å²) in [5.74, 6) is 0.575. The van der Waals surface area contributed by atoms with Crippen LogP contribution >= 0.6 is 0 Å². The van der Waals surface area contributed by atoms with Gasteiger partial charge in [0, 0.05) is 5.69 Å². The lowest BCUT2D eigenvalue weighted by Gasteiger charge is -2.10. The van der Waals surface area contributed by atoms with Crippen molar-refractivity contribution < 1.29 is 0 Å². The molecule has 0 aliphatic rings. The van der Waals surface area contributed by atoms with Crippen molar-refractivity contribution in [1.29, 1.82) is 0 Å². The predicted molar refractivity (Wildman–Crippen MR) is 75.1 cm³/mol. The lowest BCUT2D eigenvalue weighted by molar-refractivity contribution is 0.867. The first-order chi connectivity index (χ1) is 8.09. The molecular weight excluding hydrogens is 206 g/mol. The second-order valence-electron chi connectivity index (χ2n) is 4.80. The summed E-state index contributed by atoms with van der Waals surface area (Å²) in [4.78, 5) is 0. The number of benzene rings is 2. The van der Waals surface area contributed by atoms with Gasteiger partial charge in [-0.15, -0.1) is 0 Å². The van der Waals surface area contributed by atoms with Crippen molar-refractivity contribution in [2.75, 3.05) is 5.73 Å². The van der Waals surface area contributed by atoms with Crippen LogP contribution in [-0.4, -0.2) is 0 Å². The summed E-state index contributed by atoms with van der Waals surface area (Å²) in [6.07, 6.45) is 0. The average Bonchev–Trinajstić information content (AvgIpc) is 2.33. The number of nitrogen functional groups attached to an aromatic ring is 1. The van der Waals surface area contributed by atoms with Gasteiger partial charge in [-0.2, -0.15) is 0 Å². The second kappa shape index (κ2) is 4.62. The van der Waals surface area contributed by atoms with Gasteiger partial charge in [0.15, 0.2) is 0 Å². The highest BCUT2D eigenvalue weighted by Crippen LogP contribution is 2.28. The molecule has 1 heteroatoms. The van der Waals surface area contributed by atoms with Crippen LogP contribution in [0.3, 0.4) is 0 Å². The van der Waals surface area contributed by atoms with E-state index in [1.807, 2.05) is 12.1 Å². The highest BCUT2D eigenvalue weighted by molar-refractivity contribution is 5.72. The first-order valence-corrected chi connectivity index (χ1v) is 6.05. The van der Waals surface area contributed by atoms with E-state index in [1.165, 1.54) is 16.7 Å². The Balaban J connectivity index is 2.43. The third kappa shape index (κ3) is 2.33. The quantitative estimate of drug-likeness (QED) is 0.755. The van der Waals surface area contributed by atoms with Gasteiger partial charge in [-0.3, -0.25) is 0 Å². The van der Waals surface area contributed by atoms with Crippen LogP contribution in [0.5, 0.6) is 0 Å². The fourth-order valence-electron chi connectivity index (χ4n) is 2.01. The SMILES string of the molecule is Cc1c(N)cccc1-c1ccc(C(C)C)cc1. The molecule has 0 saturated carbocycles. The molecule has 0 bridgehead atoms. The molecule has 0 aliphatic carbocycles. The van der Waals surface area contributed by atoms with E-state index in [1.54, 1.807) is 0 Å². The molecule has 0 saturated heterocycles. The highest BCUT2D eigenvalue weighted by Gasteiger charge is 2.05. The highest BCUT2D eigenvalue weighted by atomic mass is 14.6. The lowest BCUT2D eigenvalue weighted by atomic mass is 9.96. The van der Waals surface area contributed by atoms with E-state index in [0.29, 0.717) is 5.92 Å². The molecule has 88 valence electrons. The van der Waals surface area contributed by atoms with Crippen molar-refractivity contribution in [3.8, 4) is 11.1 Å². The van der Waals surface area contributed by atoms with E-state index >= 15 is 0 Å². The molecule has 0 aliphatic heterocycles. The fourth-order valence-corrected chi connectivity index (χ4v) is 2.01. The van der Waals surface area contributed by atoms with Crippen LogP contribution in [0.15, 0.2) is 42.5 Å². The van der Waals surface area contributed by atoms with Crippen molar-refractivity contribution in [3.05, 3.63) is 53.6 Å². The van der Waals surface area contributed by atoms with Gasteiger partial charge < -0.3 is 5.73 Å². The molecule has 2 aromatic carbocycles. The Morgan fingerprint density at radius 1 is 0.941 bits per heavy atom. The predicted octanol–water partition coefficient (Wildman–Crippen LogP) is 4.37. The Bertz CT molecular complexity index is 510. The molecule has 0 heterocycles.